The van der Waals surface area contributed by atoms with Gasteiger partial charge in [-0.2, -0.15) is 0 Å². The summed E-state index contributed by atoms with van der Waals surface area (Å²) in [6, 6.07) is -0.748. The molecule has 368 valence electrons. The van der Waals surface area contributed by atoms with Crippen LogP contribution in [0, 0.1) is 23.7 Å². The van der Waals surface area contributed by atoms with Gasteiger partial charge in [0.15, 0.2) is 24.7 Å². The highest BCUT2D eigenvalue weighted by molar-refractivity contribution is 5.91. The van der Waals surface area contributed by atoms with E-state index in [-0.39, 0.29) is 31.7 Å². The van der Waals surface area contributed by atoms with Gasteiger partial charge in [-0.15, -0.1) is 0 Å². The molecule has 4 heterocycles. The third-order valence-corrected chi connectivity index (χ3v) is 13.4. The van der Waals surface area contributed by atoms with Crippen molar-refractivity contribution in [3.8, 4) is 0 Å². The number of methoxy groups -OCH3 is 2. The van der Waals surface area contributed by atoms with Crippen molar-refractivity contribution < 1.29 is 82.5 Å². The number of nitrogens with zero attached hydrogens (tertiary/aromatic N) is 1. The SMILES string of the molecule is CC[C@H]1OC(=O)C[C@@H](O)C(C)[C@@H](O[C@@H]2O[C@H](C)[C@@H](O[C@H]3C[C@@](C)(O)[C@@H](O)[C@H](C)O3)[C@H](N(C)C)[C@H]2O)[C@@H](CC=O)C[C@@H](C)C(=O)/C=C\C(C)=C/C1COC1O[C@H](C)[C@@H](O)[C@@H](OC)[C@H]1OC. The Balaban J connectivity index is 1.62. The van der Waals surface area contributed by atoms with Crippen molar-refractivity contribution in [3.63, 3.8) is 0 Å². The fraction of sp³-hybridized carbons (Fsp3) is 0.848. The van der Waals surface area contributed by atoms with E-state index >= 15 is 0 Å². The minimum absolute atomic E-state index is 0.00788. The Morgan fingerprint density at radius 2 is 1.52 bits per heavy atom. The molecular weight excluding hydrogens is 838 g/mol. The maximum Gasteiger partial charge on any atom is 0.308 e. The van der Waals surface area contributed by atoms with Gasteiger partial charge in [0, 0.05) is 44.8 Å². The first-order valence-corrected chi connectivity index (χ1v) is 22.7. The summed E-state index contributed by atoms with van der Waals surface area (Å²) in [4.78, 5) is 41.5. The zero-order valence-corrected chi connectivity index (χ0v) is 39.7. The number of carbonyl (C=O) groups excluding carboxylic acids is 3. The van der Waals surface area contributed by atoms with E-state index in [0.717, 1.165) is 6.29 Å². The van der Waals surface area contributed by atoms with E-state index in [2.05, 4.69) is 0 Å². The van der Waals surface area contributed by atoms with Crippen LogP contribution in [-0.2, 0) is 57.0 Å². The molecule has 0 bridgehead atoms. The minimum Gasteiger partial charge on any atom is -0.462 e. The average molecular weight is 916 g/mol. The highest BCUT2D eigenvalue weighted by Crippen LogP contribution is 2.37. The summed E-state index contributed by atoms with van der Waals surface area (Å²) in [6.45, 7) is 13.6. The number of ether oxygens (including phenoxy) is 9. The highest BCUT2D eigenvalue weighted by Gasteiger charge is 2.52. The third-order valence-electron chi connectivity index (χ3n) is 13.4. The van der Waals surface area contributed by atoms with Crippen LogP contribution in [0.1, 0.15) is 87.5 Å². The molecule has 3 fully saturated rings. The van der Waals surface area contributed by atoms with Gasteiger partial charge in [0.05, 0.1) is 55.2 Å². The van der Waals surface area contributed by atoms with Gasteiger partial charge in [0.1, 0.15) is 49.0 Å². The molecule has 5 N–H and O–H groups in total. The quantitative estimate of drug-likeness (QED) is 0.131. The molecule has 64 heavy (non-hydrogen) atoms. The molecule has 0 aliphatic carbocycles. The van der Waals surface area contributed by atoms with Crippen molar-refractivity contribution in [1.29, 1.82) is 0 Å². The molecule has 3 unspecified atom stereocenters. The van der Waals surface area contributed by atoms with E-state index < -0.39 is 140 Å². The topological polar surface area (TPSA) is 239 Å². The van der Waals surface area contributed by atoms with Gasteiger partial charge in [0.25, 0.3) is 0 Å². The molecule has 18 heteroatoms. The lowest BCUT2D eigenvalue weighted by atomic mass is 9.79. The number of allylic oxidation sites excluding steroid dienone is 3. The van der Waals surface area contributed by atoms with Gasteiger partial charge in [-0.25, -0.2) is 0 Å². The Kier molecular flexibility index (Phi) is 20.5. The van der Waals surface area contributed by atoms with Crippen LogP contribution in [-0.4, -0.2) is 187 Å². The molecule has 4 aliphatic rings. The van der Waals surface area contributed by atoms with Crippen molar-refractivity contribution in [3.05, 3.63) is 23.8 Å². The molecule has 0 radical (unpaired) electrons. The normalized spacial score (nSPS) is 45.9. The molecule has 4 rings (SSSR count). The minimum atomic E-state index is -1.49. The number of hydrogen-bond acceptors (Lipinski definition) is 18. The molecule has 0 aromatic carbocycles. The maximum absolute atomic E-state index is 13.8. The van der Waals surface area contributed by atoms with E-state index in [0.29, 0.717) is 12.0 Å². The second-order valence-electron chi connectivity index (χ2n) is 18.7. The van der Waals surface area contributed by atoms with E-state index in [1.54, 1.807) is 59.7 Å². The highest BCUT2D eigenvalue weighted by atomic mass is 16.7. The molecular formula is C46H77NO17. The van der Waals surface area contributed by atoms with Crippen LogP contribution in [0.5, 0.6) is 0 Å². The number of aliphatic hydroxyl groups excluding tert-OH is 4. The summed E-state index contributed by atoms with van der Waals surface area (Å²) in [5.74, 6) is -3.59. The number of aliphatic hydroxyl groups is 5. The fourth-order valence-electron chi connectivity index (χ4n) is 9.51. The van der Waals surface area contributed by atoms with Crippen LogP contribution < -0.4 is 0 Å². The first kappa shape index (κ1) is 54.3. The van der Waals surface area contributed by atoms with Gasteiger partial charge in [-0.3, -0.25) is 9.59 Å². The number of cyclic esters (lactones) is 1. The molecule has 0 aromatic rings. The van der Waals surface area contributed by atoms with Crippen molar-refractivity contribution in [2.45, 2.75) is 191 Å². The number of aldehydes is 1. The summed E-state index contributed by atoms with van der Waals surface area (Å²) in [7, 11) is 6.43. The summed E-state index contributed by atoms with van der Waals surface area (Å²) in [6.07, 6.45) is -8.49. The monoisotopic (exact) mass is 916 g/mol. The molecule has 0 saturated carbocycles. The first-order valence-electron chi connectivity index (χ1n) is 22.7. The Morgan fingerprint density at radius 3 is 2.11 bits per heavy atom. The smallest absolute Gasteiger partial charge is 0.308 e. The van der Waals surface area contributed by atoms with Gasteiger partial charge in [-0.05, 0) is 73.5 Å². The molecule has 0 spiro atoms. The predicted molar refractivity (Wildman–Crippen MR) is 230 cm³/mol. The van der Waals surface area contributed by atoms with Gasteiger partial charge in [0.2, 0.25) is 0 Å². The lowest BCUT2D eigenvalue weighted by Crippen LogP contribution is -2.65. The van der Waals surface area contributed by atoms with Crippen LogP contribution in [0.4, 0.5) is 0 Å². The zero-order chi connectivity index (χ0) is 47.8. The van der Waals surface area contributed by atoms with Gasteiger partial charge < -0.3 is 77.9 Å². The molecule has 21 atom stereocenters. The van der Waals surface area contributed by atoms with Crippen LogP contribution in [0.15, 0.2) is 23.8 Å². The van der Waals surface area contributed by atoms with E-state index in [1.165, 1.54) is 27.2 Å². The number of rotatable bonds is 13. The summed E-state index contributed by atoms with van der Waals surface area (Å²) in [5, 5.41) is 55.8. The average Bonchev–Trinajstić information content (AvgIpc) is 3.23. The lowest BCUT2D eigenvalue weighted by molar-refractivity contribution is -0.341. The molecule has 18 nitrogen and oxygen atoms in total. The van der Waals surface area contributed by atoms with Crippen molar-refractivity contribution in [1.82, 2.24) is 4.90 Å². The first-order chi connectivity index (χ1) is 30.1. The predicted octanol–water partition coefficient (Wildman–Crippen LogP) is 1.83. The largest absolute Gasteiger partial charge is 0.462 e. The number of esters is 1. The van der Waals surface area contributed by atoms with E-state index in [1.807, 2.05) is 19.9 Å². The molecule has 0 aromatic heterocycles. The number of ketones is 1. The summed E-state index contributed by atoms with van der Waals surface area (Å²) < 4.78 is 54.7. The second-order valence-corrected chi connectivity index (χ2v) is 18.7. The zero-order valence-electron chi connectivity index (χ0n) is 39.7. The molecule has 4 aliphatic heterocycles. The number of carbonyl (C=O) groups is 3. The van der Waals surface area contributed by atoms with Gasteiger partial charge in [-0.1, -0.05) is 38.5 Å². The van der Waals surface area contributed by atoms with Gasteiger partial charge >= 0.3 is 5.97 Å². The van der Waals surface area contributed by atoms with E-state index in [9.17, 15) is 39.9 Å². The summed E-state index contributed by atoms with van der Waals surface area (Å²) >= 11 is 0. The Hall–Kier alpha value is -2.27. The molecule has 0 amide bonds. The van der Waals surface area contributed by atoms with Crippen molar-refractivity contribution >= 4 is 18.0 Å². The van der Waals surface area contributed by atoms with Crippen molar-refractivity contribution in [2.24, 2.45) is 23.7 Å². The number of hydrogen-bond donors (Lipinski definition) is 5. The van der Waals surface area contributed by atoms with Crippen LogP contribution in [0.3, 0.4) is 0 Å². The Morgan fingerprint density at radius 1 is 0.859 bits per heavy atom. The Labute approximate surface area is 378 Å². The second kappa shape index (κ2) is 24.1. The standard InChI is InChI=1S/C46H77NO17/c1-13-33-30(22-58-45-42(57-12)41(56-11)37(52)26(5)60-45)18-23(2)14-15-31(49)24(3)19-29(16-17-48)39(25(4)32(50)20-34(51)62-33)64-44-38(53)36(47(9)10)40(27(6)61-44)63-35-21-46(8,55)43(54)28(7)59-35/h14-15,17-18,24-30,32-33,35-45,50,52-55H,13,16,19-22H2,1-12H3/b15-14-,23-18-/t24-,25?,26-,27-,28+,29+,30?,32-,33-,35+,36-,37-,38-,39-,40-,41-,42-,43+,44+,45?,46-/m1/s1. The third kappa shape index (κ3) is 13.5. The lowest BCUT2D eigenvalue weighted by Gasteiger charge is -2.50. The number of likely N-dealkylation sites (N-methyl/N-ethyl adjacent to an activating group) is 1. The fourth-order valence-corrected chi connectivity index (χ4v) is 9.51. The van der Waals surface area contributed by atoms with Crippen LogP contribution in [0.2, 0.25) is 0 Å². The Bertz CT molecular complexity index is 1560. The van der Waals surface area contributed by atoms with E-state index in [4.69, 9.17) is 42.6 Å². The van der Waals surface area contributed by atoms with Crippen LogP contribution in [0.25, 0.3) is 0 Å². The summed E-state index contributed by atoms with van der Waals surface area (Å²) in [5.41, 5.74) is -0.806. The van der Waals surface area contributed by atoms with Crippen molar-refractivity contribution in [2.75, 3.05) is 34.9 Å². The molecule has 3 saturated heterocycles. The van der Waals surface area contributed by atoms with Crippen LogP contribution >= 0.6 is 0 Å². The maximum atomic E-state index is 13.8.